The van der Waals surface area contributed by atoms with Crippen LogP contribution in [0.2, 0.25) is 0 Å². The van der Waals surface area contributed by atoms with Crippen molar-refractivity contribution < 1.29 is 14.4 Å². The number of amidine groups is 1. The second-order valence-corrected chi connectivity index (χ2v) is 4.91. The Morgan fingerprint density at radius 3 is 2.71 bits per heavy atom. The normalized spacial score (nSPS) is 21.2. The highest BCUT2D eigenvalue weighted by molar-refractivity contribution is 6.11. The van der Waals surface area contributed by atoms with Crippen LogP contribution in [0.3, 0.4) is 0 Å². The van der Waals surface area contributed by atoms with Crippen LogP contribution in [0.4, 0.5) is 10.5 Å². The number of carbonyl (C=O) groups excluding carboxylic acids is 3. The Labute approximate surface area is 121 Å². The van der Waals surface area contributed by atoms with E-state index in [2.05, 4.69) is 10.4 Å². The Morgan fingerprint density at radius 2 is 2.00 bits per heavy atom. The number of benzene rings is 1. The van der Waals surface area contributed by atoms with Crippen LogP contribution in [0.1, 0.15) is 19.8 Å². The number of carbonyl (C=O) groups is 3. The third-order valence-corrected chi connectivity index (χ3v) is 3.52. The van der Waals surface area contributed by atoms with Crippen LogP contribution in [-0.2, 0) is 9.59 Å². The smallest absolute Gasteiger partial charge is 0.306 e. The average Bonchev–Trinajstić information content (AvgIpc) is 2.86. The molecular weight excluding hydrogens is 272 g/mol. The Hall–Kier alpha value is -2.70. The van der Waals surface area contributed by atoms with Gasteiger partial charge in [0, 0.05) is 12.1 Å². The first-order valence-electron chi connectivity index (χ1n) is 6.65. The lowest BCUT2D eigenvalue weighted by atomic mass is 10.2. The summed E-state index contributed by atoms with van der Waals surface area (Å²) in [4.78, 5) is 37.5. The van der Waals surface area contributed by atoms with Crippen LogP contribution >= 0.6 is 0 Å². The summed E-state index contributed by atoms with van der Waals surface area (Å²) in [5.41, 5.74) is 0.577. The van der Waals surface area contributed by atoms with E-state index < -0.39 is 18.0 Å². The van der Waals surface area contributed by atoms with Crippen LogP contribution in [0.5, 0.6) is 0 Å². The average molecular weight is 286 g/mol. The van der Waals surface area contributed by atoms with Gasteiger partial charge in [-0.1, -0.05) is 18.2 Å². The van der Waals surface area contributed by atoms with E-state index in [0.29, 0.717) is 24.4 Å². The summed E-state index contributed by atoms with van der Waals surface area (Å²) in [6.45, 7) is 1.62. The van der Waals surface area contributed by atoms with E-state index in [4.69, 9.17) is 0 Å². The fourth-order valence-corrected chi connectivity index (χ4v) is 2.55. The van der Waals surface area contributed by atoms with Crippen molar-refractivity contribution in [2.24, 2.45) is 5.10 Å². The number of nitrogens with one attached hydrogen (secondary N) is 1. The minimum absolute atomic E-state index is 0.127. The molecule has 1 fully saturated rings. The van der Waals surface area contributed by atoms with E-state index in [1.165, 1.54) is 4.90 Å². The molecule has 7 heteroatoms. The molecule has 4 amide bonds. The highest BCUT2D eigenvalue weighted by Crippen LogP contribution is 2.25. The van der Waals surface area contributed by atoms with E-state index in [0.717, 1.165) is 5.01 Å². The van der Waals surface area contributed by atoms with Gasteiger partial charge in [0.2, 0.25) is 5.91 Å². The molecule has 0 aliphatic carbocycles. The van der Waals surface area contributed by atoms with Crippen molar-refractivity contribution in [2.45, 2.75) is 25.8 Å². The Bertz CT molecular complexity index is 641. The van der Waals surface area contributed by atoms with Crippen LogP contribution in [0.15, 0.2) is 35.4 Å². The molecule has 1 atom stereocenters. The number of nitrogens with zero attached hydrogens (tertiary/aromatic N) is 3. The van der Waals surface area contributed by atoms with Crippen molar-refractivity contribution in [1.29, 1.82) is 0 Å². The van der Waals surface area contributed by atoms with Gasteiger partial charge in [-0.05, 0) is 25.5 Å². The fraction of sp³-hybridized carbons (Fsp3) is 0.286. The van der Waals surface area contributed by atoms with E-state index in [1.54, 1.807) is 31.2 Å². The third kappa shape index (κ3) is 2.26. The lowest BCUT2D eigenvalue weighted by Crippen LogP contribution is -2.54. The number of urea groups is 1. The zero-order valence-corrected chi connectivity index (χ0v) is 11.4. The molecule has 2 heterocycles. The number of hydrazone groups is 1. The van der Waals surface area contributed by atoms with Crippen LogP contribution < -0.4 is 5.32 Å². The molecule has 108 valence electrons. The van der Waals surface area contributed by atoms with Crippen LogP contribution in [0, 0.1) is 0 Å². The van der Waals surface area contributed by atoms with E-state index in [9.17, 15) is 14.4 Å². The molecule has 7 nitrogen and oxygen atoms in total. The molecule has 3 rings (SSSR count). The van der Waals surface area contributed by atoms with Gasteiger partial charge in [-0.25, -0.2) is 4.79 Å². The molecule has 0 spiro atoms. The monoisotopic (exact) mass is 286 g/mol. The van der Waals surface area contributed by atoms with Crippen molar-refractivity contribution in [3.05, 3.63) is 30.3 Å². The molecule has 2 aliphatic heterocycles. The van der Waals surface area contributed by atoms with E-state index >= 15 is 0 Å². The van der Waals surface area contributed by atoms with Gasteiger partial charge in [-0.3, -0.25) is 14.5 Å². The maximum absolute atomic E-state index is 12.3. The molecule has 1 aromatic rings. The largest absolute Gasteiger partial charge is 0.349 e. The maximum atomic E-state index is 12.3. The molecule has 0 bridgehead atoms. The van der Waals surface area contributed by atoms with Crippen molar-refractivity contribution in [3.63, 3.8) is 0 Å². The minimum atomic E-state index is -0.621. The zero-order chi connectivity index (χ0) is 15.0. The number of amides is 4. The first kappa shape index (κ1) is 13.3. The Morgan fingerprint density at radius 1 is 1.29 bits per heavy atom. The molecule has 0 saturated carbocycles. The summed E-state index contributed by atoms with van der Waals surface area (Å²) in [6, 6.07) is 7.58. The summed E-state index contributed by atoms with van der Waals surface area (Å²) in [5, 5.41) is 7.36. The lowest BCUT2D eigenvalue weighted by molar-refractivity contribution is -0.137. The fourth-order valence-electron chi connectivity index (χ4n) is 2.55. The first-order valence-corrected chi connectivity index (χ1v) is 6.65. The van der Waals surface area contributed by atoms with E-state index in [-0.39, 0.29) is 5.91 Å². The Kier molecular flexibility index (Phi) is 3.17. The summed E-state index contributed by atoms with van der Waals surface area (Å²) >= 11 is 0. The number of para-hydroxylation sites is 1. The highest BCUT2D eigenvalue weighted by Gasteiger charge is 2.45. The van der Waals surface area contributed by atoms with Crippen molar-refractivity contribution in [1.82, 2.24) is 9.91 Å². The molecule has 1 N–H and O–H groups in total. The van der Waals surface area contributed by atoms with Gasteiger partial charge >= 0.3 is 6.03 Å². The predicted octanol–water partition coefficient (Wildman–Crippen LogP) is 1.39. The van der Waals surface area contributed by atoms with Gasteiger partial charge in [-0.2, -0.15) is 0 Å². The van der Waals surface area contributed by atoms with Crippen LogP contribution in [0.25, 0.3) is 0 Å². The van der Waals surface area contributed by atoms with Gasteiger partial charge in [0.05, 0.1) is 0 Å². The topological polar surface area (TPSA) is 82.1 Å². The van der Waals surface area contributed by atoms with Crippen molar-refractivity contribution in [2.75, 3.05) is 5.32 Å². The number of anilines is 1. The van der Waals surface area contributed by atoms with Crippen LogP contribution in [-0.4, -0.2) is 39.6 Å². The number of rotatable bonds is 1. The molecule has 0 radical (unpaired) electrons. The Balaban J connectivity index is 1.82. The summed E-state index contributed by atoms with van der Waals surface area (Å²) in [6.07, 6.45) is 0.719. The number of fused-ring (bicyclic) bond motifs is 1. The molecule has 1 aromatic carbocycles. The van der Waals surface area contributed by atoms with E-state index in [1.807, 2.05) is 6.07 Å². The molecule has 0 unspecified atom stereocenters. The SMILES string of the molecule is CC1=NN(C(=O)Nc2ccccc2)C(=O)[C@@H]2CCC(=O)N12. The number of imide groups is 1. The number of hydrogen-bond donors (Lipinski definition) is 1. The number of hydrogen-bond acceptors (Lipinski definition) is 4. The molecular formula is C14H14N4O3. The second-order valence-electron chi connectivity index (χ2n) is 4.91. The maximum Gasteiger partial charge on any atom is 0.349 e. The van der Waals surface area contributed by atoms with Gasteiger partial charge in [0.25, 0.3) is 5.91 Å². The standard InChI is InChI=1S/C14H14N4O3/c1-9-16-18(13(20)11-7-8-12(19)17(9)11)14(21)15-10-5-3-2-4-6-10/h2-6,11H,7-8H2,1H3,(H,15,21)/t11-/m0/s1. The summed E-state index contributed by atoms with van der Waals surface area (Å²) in [5.74, 6) is -0.233. The summed E-state index contributed by atoms with van der Waals surface area (Å²) in [7, 11) is 0. The predicted molar refractivity (Wildman–Crippen MR) is 75.3 cm³/mol. The third-order valence-electron chi connectivity index (χ3n) is 3.52. The first-order chi connectivity index (χ1) is 10.1. The molecule has 2 aliphatic rings. The van der Waals surface area contributed by atoms with Gasteiger partial charge in [-0.15, -0.1) is 10.1 Å². The lowest BCUT2D eigenvalue weighted by Gasteiger charge is -2.31. The minimum Gasteiger partial charge on any atom is -0.306 e. The second kappa shape index (κ2) is 5.01. The zero-order valence-electron chi connectivity index (χ0n) is 11.4. The molecule has 21 heavy (non-hydrogen) atoms. The molecule has 1 saturated heterocycles. The van der Waals surface area contributed by atoms with Gasteiger partial charge < -0.3 is 5.32 Å². The van der Waals surface area contributed by atoms with Gasteiger partial charge in [0.15, 0.2) is 0 Å². The molecule has 0 aromatic heterocycles. The van der Waals surface area contributed by atoms with Crippen molar-refractivity contribution >= 4 is 29.4 Å². The quantitative estimate of drug-likeness (QED) is 0.846. The highest BCUT2D eigenvalue weighted by atomic mass is 16.2. The van der Waals surface area contributed by atoms with Gasteiger partial charge in [0.1, 0.15) is 11.9 Å². The summed E-state index contributed by atoms with van der Waals surface area (Å²) < 4.78 is 0. The van der Waals surface area contributed by atoms with Crippen molar-refractivity contribution in [3.8, 4) is 0 Å².